The number of nitro groups is 1. The highest BCUT2D eigenvalue weighted by atomic mass is 16.6. The average Bonchev–Trinajstić information content (AvgIpc) is 2.97. The fourth-order valence-corrected chi connectivity index (χ4v) is 3.16. The van der Waals surface area contributed by atoms with E-state index in [1.165, 1.54) is 43.4 Å². The maximum Gasteiger partial charge on any atom is 0.340 e. The molecule has 0 saturated heterocycles. The van der Waals surface area contributed by atoms with E-state index in [2.05, 4.69) is 0 Å². The number of nitrogens with zero attached hydrogens (tertiary/aromatic N) is 2. The van der Waals surface area contributed by atoms with Gasteiger partial charge in [-0.15, -0.1) is 0 Å². The van der Waals surface area contributed by atoms with Crippen LogP contribution in [0.15, 0.2) is 65.4 Å². The van der Waals surface area contributed by atoms with Crippen LogP contribution in [0.3, 0.4) is 0 Å². The van der Waals surface area contributed by atoms with Crippen LogP contribution in [-0.2, 0) is 14.3 Å². The summed E-state index contributed by atoms with van der Waals surface area (Å²) in [5.74, 6) is -0.549. The Hall–Kier alpha value is -3.94. The molecule has 0 aromatic heterocycles. The summed E-state index contributed by atoms with van der Waals surface area (Å²) in [6.45, 7) is 1.62. The number of nitro benzene ring substituents is 1. The van der Waals surface area contributed by atoms with Gasteiger partial charge in [-0.2, -0.15) is 0 Å². The van der Waals surface area contributed by atoms with Crippen molar-refractivity contribution in [3.05, 3.63) is 81.1 Å². The van der Waals surface area contributed by atoms with Crippen molar-refractivity contribution in [1.82, 2.24) is 0 Å². The second kappa shape index (κ2) is 7.97. The number of rotatable bonds is 5. The summed E-state index contributed by atoms with van der Waals surface area (Å²) < 4.78 is 10.2. The predicted octanol–water partition coefficient (Wildman–Crippen LogP) is 3.48. The van der Waals surface area contributed by atoms with Crippen LogP contribution in [0.1, 0.15) is 12.5 Å². The Kier molecular flexibility index (Phi) is 5.45. The first kappa shape index (κ1) is 19.8. The van der Waals surface area contributed by atoms with E-state index < -0.39 is 16.8 Å². The molecule has 0 atom stereocenters. The van der Waals surface area contributed by atoms with Crippen molar-refractivity contribution in [3.63, 3.8) is 0 Å². The van der Waals surface area contributed by atoms with Gasteiger partial charge in [0.2, 0.25) is 0 Å². The molecule has 8 heteroatoms. The van der Waals surface area contributed by atoms with Gasteiger partial charge in [0.1, 0.15) is 5.75 Å². The maximum atomic E-state index is 13.2. The summed E-state index contributed by atoms with van der Waals surface area (Å²) in [7, 11) is 2.75. The van der Waals surface area contributed by atoms with Crippen LogP contribution in [0.4, 0.5) is 11.4 Å². The lowest BCUT2D eigenvalue weighted by Gasteiger charge is -2.17. The maximum absolute atomic E-state index is 13.2. The second-order valence-electron chi connectivity index (χ2n) is 6.17. The number of para-hydroxylation sites is 1. The van der Waals surface area contributed by atoms with Crippen molar-refractivity contribution in [1.29, 1.82) is 0 Å². The number of esters is 1. The van der Waals surface area contributed by atoms with Gasteiger partial charge in [0.15, 0.2) is 0 Å². The molecule has 1 aliphatic heterocycles. The molecule has 148 valence electrons. The molecule has 3 rings (SSSR count). The highest BCUT2D eigenvalue weighted by molar-refractivity contribution is 6.23. The van der Waals surface area contributed by atoms with Crippen LogP contribution < -0.4 is 9.64 Å². The highest BCUT2D eigenvalue weighted by Gasteiger charge is 2.38. The summed E-state index contributed by atoms with van der Waals surface area (Å²) in [4.78, 5) is 37.3. The van der Waals surface area contributed by atoms with E-state index in [1.807, 2.05) is 0 Å². The Morgan fingerprint density at radius 1 is 1.10 bits per heavy atom. The lowest BCUT2D eigenvalue weighted by molar-refractivity contribution is -0.384. The van der Waals surface area contributed by atoms with E-state index in [9.17, 15) is 19.7 Å². The van der Waals surface area contributed by atoms with Gasteiger partial charge in [-0.25, -0.2) is 4.79 Å². The van der Waals surface area contributed by atoms with Gasteiger partial charge in [0.25, 0.3) is 11.6 Å². The minimum Gasteiger partial charge on any atom is -0.496 e. The number of amides is 1. The number of non-ortho nitro benzene ring substituents is 1. The zero-order valence-electron chi connectivity index (χ0n) is 16.0. The molecule has 0 spiro atoms. The minimum atomic E-state index is -0.651. The lowest BCUT2D eigenvalue weighted by atomic mass is 10.0. The molecule has 2 aromatic carbocycles. The number of ether oxygens (including phenoxy) is 2. The second-order valence-corrected chi connectivity index (χ2v) is 6.17. The van der Waals surface area contributed by atoms with Gasteiger partial charge in [-0.1, -0.05) is 18.2 Å². The van der Waals surface area contributed by atoms with Gasteiger partial charge in [0, 0.05) is 29.1 Å². The number of benzene rings is 2. The third-order valence-electron chi connectivity index (χ3n) is 4.55. The number of methoxy groups -OCH3 is 2. The van der Waals surface area contributed by atoms with E-state index in [0.717, 1.165) is 0 Å². The fourth-order valence-electron chi connectivity index (χ4n) is 3.16. The van der Waals surface area contributed by atoms with E-state index in [1.54, 1.807) is 37.3 Å². The minimum absolute atomic E-state index is 0.0972. The summed E-state index contributed by atoms with van der Waals surface area (Å²) in [5.41, 5.74) is 1.58. The summed E-state index contributed by atoms with van der Waals surface area (Å²) in [6.07, 6.45) is 1.57. The monoisotopic (exact) mass is 394 g/mol. The average molecular weight is 394 g/mol. The Labute approximate surface area is 166 Å². The van der Waals surface area contributed by atoms with Crippen LogP contribution >= 0.6 is 0 Å². The summed E-state index contributed by atoms with van der Waals surface area (Å²) in [6, 6.07) is 12.6. The number of anilines is 1. The molecule has 0 aliphatic carbocycles. The summed E-state index contributed by atoms with van der Waals surface area (Å²) in [5, 5.41) is 10.9. The predicted molar refractivity (Wildman–Crippen MR) is 106 cm³/mol. The normalized spacial score (nSPS) is 15.1. The molecule has 0 unspecified atom stereocenters. The number of hydrogen-bond acceptors (Lipinski definition) is 6. The SMILES string of the molecule is COC(=O)C1=C(C)N(c2ccc([N+](=O)[O-])cc2)C(=O)/C1=C\c1ccccc1OC. The number of allylic oxidation sites excluding steroid dienone is 1. The zero-order valence-corrected chi connectivity index (χ0v) is 16.0. The standard InChI is InChI=1S/C21H18N2O6/c1-13-19(21(25)29-3)17(12-14-6-4-5-7-18(14)28-2)20(24)22(13)15-8-10-16(11-9-15)23(26)27/h4-12H,1-3H3/b17-12-. The summed E-state index contributed by atoms with van der Waals surface area (Å²) >= 11 is 0. The molecule has 8 nitrogen and oxygen atoms in total. The Morgan fingerprint density at radius 2 is 1.76 bits per heavy atom. The van der Waals surface area contributed by atoms with Crippen LogP contribution in [-0.4, -0.2) is 31.0 Å². The Balaban J connectivity index is 2.13. The van der Waals surface area contributed by atoms with E-state index in [4.69, 9.17) is 9.47 Å². The van der Waals surface area contributed by atoms with Crippen molar-refractivity contribution in [2.45, 2.75) is 6.92 Å². The lowest BCUT2D eigenvalue weighted by Crippen LogP contribution is -2.24. The first-order chi connectivity index (χ1) is 13.9. The first-order valence-electron chi connectivity index (χ1n) is 8.62. The van der Waals surface area contributed by atoms with Crippen molar-refractivity contribution < 1.29 is 24.0 Å². The molecule has 0 saturated carbocycles. The van der Waals surface area contributed by atoms with Gasteiger partial charge in [0.05, 0.1) is 30.3 Å². The number of carbonyl (C=O) groups excluding carboxylic acids is 2. The molecule has 2 aromatic rings. The van der Waals surface area contributed by atoms with Crippen molar-refractivity contribution in [3.8, 4) is 5.75 Å². The zero-order chi connectivity index (χ0) is 21.1. The van der Waals surface area contributed by atoms with Gasteiger partial charge in [-0.3, -0.25) is 19.8 Å². The van der Waals surface area contributed by atoms with E-state index >= 15 is 0 Å². The Bertz CT molecular complexity index is 1050. The van der Waals surface area contributed by atoms with Crippen molar-refractivity contribution in [2.24, 2.45) is 0 Å². The molecular weight excluding hydrogens is 376 g/mol. The van der Waals surface area contributed by atoms with E-state index in [0.29, 0.717) is 22.7 Å². The topological polar surface area (TPSA) is 99.0 Å². The molecule has 29 heavy (non-hydrogen) atoms. The van der Waals surface area contributed by atoms with Crippen LogP contribution in [0.5, 0.6) is 5.75 Å². The molecule has 0 bridgehead atoms. The number of hydrogen-bond donors (Lipinski definition) is 0. The van der Waals surface area contributed by atoms with Crippen LogP contribution in [0, 0.1) is 10.1 Å². The molecule has 1 heterocycles. The van der Waals surface area contributed by atoms with Crippen LogP contribution in [0.25, 0.3) is 6.08 Å². The molecule has 0 fully saturated rings. The smallest absolute Gasteiger partial charge is 0.340 e. The Morgan fingerprint density at radius 3 is 2.34 bits per heavy atom. The first-order valence-corrected chi connectivity index (χ1v) is 8.62. The van der Waals surface area contributed by atoms with Crippen LogP contribution in [0.2, 0.25) is 0 Å². The van der Waals surface area contributed by atoms with Crippen molar-refractivity contribution >= 4 is 29.3 Å². The quantitative estimate of drug-likeness (QED) is 0.333. The van der Waals surface area contributed by atoms with E-state index in [-0.39, 0.29) is 16.8 Å². The molecule has 0 radical (unpaired) electrons. The third kappa shape index (κ3) is 3.60. The highest BCUT2D eigenvalue weighted by Crippen LogP contribution is 2.36. The van der Waals surface area contributed by atoms with Crippen molar-refractivity contribution in [2.75, 3.05) is 19.1 Å². The van der Waals surface area contributed by atoms with Gasteiger partial charge < -0.3 is 9.47 Å². The fraction of sp³-hybridized carbons (Fsp3) is 0.143. The molecular formula is C21H18N2O6. The molecule has 1 amide bonds. The largest absolute Gasteiger partial charge is 0.496 e. The molecule has 1 aliphatic rings. The molecule has 0 N–H and O–H groups in total. The van der Waals surface area contributed by atoms with Gasteiger partial charge in [-0.05, 0) is 31.2 Å². The third-order valence-corrected chi connectivity index (χ3v) is 4.55. The number of carbonyl (C=O) groups is 2. The van der Waals surface area contributed by atoms with Gasteiger partial charge >= 0.3 is 5.97 Å².